The second-order valence-corrected chi connectivity index (χ2v) is 11.4. The van der Waals surface area contributed by atoms with Crippen LogP contribution in [0.5, 0.6) is 0 Å². The Morgan fingerprint density at radius 3 is 2.60 bits per heavy atom. The summed E-state index contributed by atoms with van der Waals surface area (Å²) in [5, 5.41) is 11.7. The number of carbonyl (C=O) groups is 2. The van der Waals surface area contributed by atoms with Crippen LogP contribution >= 0.6 is 0 Å². The first-order valence-electron chi connectivity index (χ1n) is 12.5. The van der Waals surface area contributed by atoms with Crippen LogP contribution in [0.15, 0.2) is 66.0 Å². The van der Waals surface area contributed by atoms with Crippen molar-refractivity contribution in [2.24, 2.45) is 28.6 Å². The second kappa shape index (κ2) is 7.17. The highest BCUT2D eigenvalue weighted by molar-refractivity contribution is 5.90. The lowest BCUT2D eigenvalue weighted by Gasteiger charge is -2.54. The molecule has 1 spiro atoms. The Kier molecular flexibility index (Phi) is 4.66. The average molecular weight is 477 g/mol. The molecule has 35 heavy (non-hydrogen) atoms. The number of epoxide rings is 1. The van der Waals surface area contributed by atoms with Crippen LogP contribution < -0.4 is 0 Å². The van der Waals surface area contributed by atoms with Crippen molar-refractivity contribution in [3.05, 3.63) is 71.5 Å². The summed E-state index contributed by atoms with van der Waals surface area (Å²) in [6.07, 6.45) is 10.3. The fourth-order valence-corrected chi connectivity index (χ4v) is 8.13. The smallest absolute Gasteiger partial charge is 0.343 e. The van der Waals surface area contributed by atoms with Gasteiger partial charge in [-0.15, -0.1) is 0 Å². The normalized spacial score (nSPS) is 44.6. The molecule has 1 aromatic rings. The minimum atomic E-state index is -1.52. The van der Waals surface area contributed by atoms with Crippen LogP contribution in [0.3, 0.4) is 0 Å². The second-order valence-electron chi connectivity index (χ2n) is 11.4. The number of ether oxygens (including phenoxy) is 3. The van der Waals surface area contributed by atoms with Crippen LogP contribution in [0.2, 0.25) is 0 Å². The Morgan fingerprint density at radius 1 is 1.14 bits per heavy atom. The molecule has 0 radical (unpaired) electrons. The first kappa shape index (κ1) is 22.7. The van der Waals surface area contributed by atoms with Crippen molar-refractivity contribution >= 4 is 11.9 Å². The van der Waals surface area contributed by atoms with Gasteiger partial charge < -0.3 is 19.3 Å². The Morgan fingerprint density at radius 2 is 1.89 bits per heavy atom. The molecule has 1 heterocycles. The standard InChI is InChI=1S/C29H32O6/c1-17-14-22-21-11-10-19-15-20(34-24(30)18-8-6-5-7-9-18)12-13-26(19,2)29(21)23(35-29)16-27(22,3)28(17,32)25(31)33-4/h5-10,12-13,15,17,21-23,32H,11,14,16H2,1-4H3/t17-,21+,22+,23+,26+,27+,28+,29-/m1/s1. The van der Waals surface area contributed by atoms with Gasteiger partial charge in [-0.05, 0) is 73.8 Å². The maximum Gasteiger partial charge on any atom is 0.343 e. The highest BCUT2D eigenvalue weighted by atomic mass is 16.6. The summed E-state index contributed by atoms with van der Waals surface area (Å²) < 4.78 is 17.4. The molecule has 1 aliphatic heterocycles. The zero-order chi connectivity index (χ0) is 24.8. The first-order chi connectivity index (χ1) is 16.6. The van der Waals surface area contributed by atoms with Crippen molar-refractivity contribution in [3.63, 3.8) is 0 Å². The molecular formula is C29H32O6. The molecule has 184 valence electrons. The van der Waals surface area contributed by atoms with Gasteiger partial charge in [0.05, 0.1) is 18.8 Å². The number of esters is 2. The lowest BCUT2D eigenvalue weighted by molar-refractivity contribution is -0.186. The summed E-state index contributed by atoms with van der Waals surface area (Å²) in [6, 6.07) is 8.97. The topological polar surface area (TPSA) is 85.4 Å². The summed E-state index contributed by atoms with van der Waals surface area (Å²) in [6.45, 7) is 6.20. The van der Waals surface area contributed by atoms with Crippen molar-refractivity contribution < 1.29 is 28.9 Å². The van der Waals surface area contributed by atoms with E-state index in [0.29, 0.717) is 17.7 Å². The van der Waals surface area contributed by atoms with Gasteiger partial charge in [-0.1, -0.05) is 44.2 Å². The Balaban J connectivity index is 1.32. The van der Waals surface area contributed by atoms with E-state index in [1.807, 2.05) is 44.2 Å². The van der Waals surface area contributed by atoms with Crippen molar-refractivity contribution in [3.8, 4) is 0 Å². The number of benzene rings is 1. The minimum absolute atomic E-state index is 0.0598. The molecule has 5 aliphatic rings. The van der Waals surface area contributed by atoms with Crippen LogP contribution in [-0.4, -0.2) is 41.5 Å². The SMILES string of the molecule is COC(=O)[C@@]1(O)[C@H](C)C[C@H]2[C@@H]3CC=C4C=C(OC(=O)c5ccccc5)C=C[C@]4(C)[C@@]34O[C@H]4C[C@@]21C. The van der Waals surface area contributed by atoms with Crippen molar-refractivity contribution in [2.45, 2.75) is 57.3 Å². The fourth-order valence-electron chi connectivity index (χ4n) is 8.13. The molecular weight excluding hydrogens is 444 g/mol. The lowest BCUT2D eigenvalue weighted by Crippen LogP contribution is -2.61. The highest BCUT2D eigenvalue weighted by Gasteiger charge is 2.82. The number of hydrogen-bond donors (Lipinski definition) is 1. The van der Waals surface area contributed by atoms with E-state index in [2.05, 4.69) is 19.1 Å². The third-order valence-corrected chi connectivity index (χ3v) is 10.0. The number of methoxy groups -OCH3 is 1. The van der Waals surface area contributed by atoms with E-state index in [0.717, 1.165) is 18.4 Å². The summed E-state index contributed by atoms with van der Waals surface area (Å²) in [5.74, 6) is -0.286. The monoisotopic (exact) mass is 476 g/mol. The van der Waals surface area contributed by atoms with Crippen LogP contribution in [0.25, 0.3) is 0 Å². The number of rotatable bonds is 3. The predicted molar refractivity (Wildman–Crippen MR) is 128 cm³/mol. The van der Waals surface area contributed by atoms with Crippen molar-refractivity contribution in [1.82, 2.24) is 0 Å². The van der Waals surface area contributed by atoms with Gasteiger partial charge in [0.2, 0.25) is 0 Å². The number of allylic oxidation sites excluding steroid dienone is 3. The molecule has 6 rings (SSSR count). The van der Waals surface area contributed by atoms with Gasteiger partial charge in [-0.25, -0.2) is 9.59 Å². The highest BCUT2D eigenvalue weighted by Crippen LogP contribution is 2.75. The lowest BCUT2D eigenvalue weighted by atomic mass is 9.48. The molecule has 0 amide bonds. The summed E-state index contributed by atoms with van der Waals surface area (Å²) in [4.78, 5) is 25.4. The number of carbonyl (C=O) groups excluding carboxylic acids is 2. The molecule has 4 aliphatic carbocycles. The predicted octanol–water partition coefficient (Wildman–Crippen LogP) is 4.36. The van der Waals surface area contributed by atoms with Gasteiger partial charge in [0, 0.05) is 10.8 Å². The van der Waals surface area contributed by atoms with Gasteiger partial charge >= 0.3 is 11.9 Å². The molecule has 6 nitrogen and oxygen atoms in total. The molecule has 2 saturated carbocycles. The zero-order valence-electron chi connectivity index (χ0n) is 20.6. The first-order valence-corrected chi connectivity index (χ1v) is 12.5. The average Bonchev–Trinajstić information content (AvgIpc) is 3.54. The van der Waals surface area contributed by atoms with Crippen LogP contribution in [-0.2, 0) is 19.0 Å². The number of fused-ring (bicyclic) bond motifs is 3. The van der Waals surface area contributed by atoms with Gasteiger partial charge in [-0.3, -0.25) is 0 Å². The molecule has 0 aromatic heterocycles. The van der Waals surface area contributed by atoms with Crippen LogP contribution in [0.4, 0.5) is 0 Å². The molecule has 0 unspecified atom stereocenters. The maximum atomic E-state index is 12.8. The van der Waals surface area contributed by atoms with E-state index >= 15 is 0 Å². The Labute approximate surface area is 205 Å². The fraction of sp³-hybridized carbons (Fsp3) is 0.517. The molecule has 1 N–H and O–H groups in total. The van der Waals surface area contributed by atoms with Gasteiger partial charge in [0.1, 0.15) is 11.4 Å². The Bertz CT molecular complexity index is 1200. The summed E-state index contributed by atoms with van der Waals surface area (Å²) in [7, 11) is 1.35. The molecule has 1 saturated heterocycles. The number of aliphatic hydroxyl groups is 1. The quantitative estimate of drug-likeness (QED) is 0.516. The number of hydrogen-bond acceptors (Lipinski definition) is 6. The molecule has 8 atom stereocenters. The van der Waals surface area contributed by atoms with Crippen molar-refractivity contribution in [1.29, 1.82) is 0 Å². The van der Waals surface area contributed by atoms with E-state index in [1.54, 1.807) is 12.1 Å². The largest absolute Gasteiger partial charge is 0.467 e. The van der Waals surface area contributed by atoms with E-state index in [9.17, 15) is 14.7 Å². The minimum Gasteiger partial charge on any atom is -0.467 e. The van der Waals surface area contributed by atoms with Gasteiger partial charge in [-0.2, -0.15) is 0 Å². The van der Waals surface area contributed by atoms with Crippen molar-refractivity contribution in [2.75, 3.05) is 7.11 Å². The molecule has 6 heteroatoms. The van der Waals surface area contributed by atoms with E-state index < -0.39 is 17.0 Å². The third-order valence-electron chi connectivity index (χ3n) is 10.0. The molecule has 1 aromatic carbocycles. The Hall–Kier alpha value is -2.70. The van der Waals surface area contributed by atoms with Gasteiger partial charge in [0.25, 0.3) is 0 Å². The van der Waals surface area contributed by atoms with Crippen LogP contribution in [0.1, 0.15) is 50.4 Å². The molecule has 3 fully saturated rings. The molecule has 0 bridgehead atoms. The van der Waals surface area contributed by atoms with E-state index in [4.69, 9.17) is 14.2 Å². The third kappa shape index (κ3) is 2.67. The maximum absolute atomic E-state index is 12.8. The summed E-state index contributed by atoms with van der Waals surface area (Å²) >= 11 is 0. The van der Waals surface area contributed by atoms with E-state index in [-0.39, 0.29) is 40.8 Å². The zero-order valence-corrected chi connectivity index (χ0v) is 20.6. The van der Waals surface area contributed by atoms with Crippen LogP contribution in [0, 0.1) is 28.6 Å². The van der Waals surface area contributed by atoms with E-state index in [1.165, 1.54) is 7.11 Å². The van der Waals surface area contributed by atoms with Gasteiger partial charge in [0.15, 0.2) is 5.60 Å². The summed E-state index contributed by atoms with van der Waals surface area (Å²) in [5.41, 5.74) is -1.29.